The molecule has 138 valence electrons. The van der Waals surface area contributed by atoms with E-state index in [0.29, 0.717) is 23.7 Å². The minimum atomic E-state index is -0.723. The van der Waals surface area contributed by atoms with E-state index in [-0.39, 0.29) is 11.5 Å². The fourth-order valence-corrected chi connectivity index (χ4v) is 2.74. The Kier molecular flexibility index (Phi) is 5.98. The first-order chi connectivity index (χ1) is 13.0. The van der Waals surface area contributed by atoms with Gasteiger partial charge in [0.1, 0.15) is 6.04 Å². The summed E-state index contributed by atoms with van der Waals surface area (Å²) in [5.74, 6) is -0.262. The molecule has 3 rings (SSSR count). The van der Waals surface area contributed by atoms with Crippen LogP contribution in [0.1, 0.15) is 18.5 Å². The lowest BCUT2D eigenvalue weighted by Gasteiger charge is -2.15. The molecule has 2 aromatic heterocycles. The molecule has 0 aliphatic heterocycles. The van der Waals surface area contributed by atoms with Gasteiger partial charge in [-0.05, 0) is 49.2 Å². The van der Waals surface area contributed by atoms with Crippen LogP contribution in [0.3, 0.4) is 0 Å². The van der Waals surface area contributed by atoms with Crippen molar-refractivity contribution < 1.29 is 4.79 Å². The van der Waals surface area contributed by atoms with Crippen LogP contribution in [-0.2, 0) is 11.2 Å². The summed E-state index contributed by atoms with van der Waals surface area (Å²) < 4.78 is 1.19. The number of carbonyl (C=O) groups excluding carboxylic acids is 1. The van der Waals surface area contributed by atoms with Gasteiger partial charge in [-0.2, -0.15) is 5.10 Å². The van der Waals surface area contributed by atoms with Crippen LogP contribution in [0.2, 0.25) is 5.02 Å². The number of aromatic nitrogens is 3. The standard InChI is InChI=1S/C20H19ClN4O2/c1-14(20(27)23-12-10-15-4-6-17(21)7-5-15)25-19(26)9-8-18(24-25)16-3-2-11-22-13-16/h2-9,11,13-14H,10,12H2,1H3,(H,23,27). The molecule has 0 aliphatic carbocycles. The summed E-state index contributed by atoms with van der Waals surface area (Å²) in [5.41, 5.74) is 2.11. The number of halogens is 1. The molecule has 0 aliphatic rings. The Hall–Kier alpha value is -2.99. The van der Waals surface area contributed by atoms with E-state index in [9.17, 15) is 9.59 Å². The Bertz CT molecular complexity index is 971. The summed E-state index contributed by atoms with van der Waals surface area (Å²) in [7, 11) is 0. The van der Waals surface area contributed by atoms with Gasteiger partial charge in [0, 0.05) is 35.6 Å². The minimum Gasteiger partial charge on any atom is -0.354 e. The van der Waals surface area contributed by atoms with Gasteiger partial charge in [-0.3, -0.25) is 14.6 Å². The van der Waals surface area contributed by atoms with Gasteiger partial charge in [-0.15, -0.1) is 0 Å². The third-order valence-electron chi connectivity index (χ3n) is 4.15. The number of rotatable bonds is 6. The zero-order chi connectivity index (χ0) is 19.2. The Morgan fingerprint density at radius 3 is 2.67 bits per heavy atom. The summed E-state index contributed by atoms with van der Waals surface area (Å²) in [5, 5.41) is 7.85. The van der Waals surface area contributed by atoms with Gasteiger partial charge >= 0.3 is 0 Å². The number of nitrogens with one attached hydrogen (secondary N) is 1. The topological polar surface area (TPSA) is 76.9 Å². The molecule has 7 heteroatoms. The smallest absolute Gasteiger partial charge is 0.267 e. The maximum absolute atomic E-state index is 12.4. The first-order valence-electron chi connectivity index (χ1n) is 8.57. The summed E-state index contributed by atoms with van der Waals surface area (Å²) in [6, 6.07) is 13.4. The van der Waals surface area contributed by atoms with E-state index in [4.69, 9.17) is 11.6 Å². The van der Waals surface area contributed by atoms with E-state index >= 15 is 0 Å². The summed E-state index contributed by atoms with van der Waals surface area (Å²) in [6.45, 7) is 2.11. The average Bonchev–Trinajstić information content (AvgIpc) is 2.70. The van der Waals surface area contributed by atoms with Gasteiger partial charge in [0.05, 0.1) is 5.69 Å². The van der Waals surface area contributed by atoms with Crippen LogP contribution in [0.15, 0.2) is 65.7 Å². The SMILES string of the molecule is CC(C(=O)NCCc1ccc(Cl)cc1)n1nc(-c2cccnc2)ccc1=O. The second-order valence-electron chi connectivity index (χ2n) is 6.09. The maximum atomic E-state index is 12.4. The van der Waals surface area contributed by atoms with Crippen LogP contribution < -0.4 is 10.9 Å². The maximum Gasteiger partial charge on any atom is 0.267 e. The predicted octanol–water partition coefficient (Wildman–Crippen LogP) is 2.88. The van der Waals surface area contributed by atoms with Crippen molar-refractivity contribution in [2.45, 2.75) is 19.4 Å². The van der Waals surface area contributed by atoms with Gasteiger partial charge in [0.15, 0.2) is 0 Å². The minimum absolute atomic E-state index is 0.262. The van der Waals surface area contributed by atoms with E-state index in [1.165, 1.54) is 10.7 Å². The van der Waals surface area contributed by atoms with Crippen LogP contribution >= 0.6 is 11.6 Å². The molecule has 1 unspecified atom stereocenters. The van der Waals surface area contributed by atoms with E-state index in [2.05, 4.69) is 15.4 Å². The Labute approximate surface area is 161 Å². The fourth-order valence-electron chi connectivity index (χ4n) is 2.61. The van der Waals surface area contributed by atoms with Gasteiger partial charge in [0.2, 0.25) is 5.91 Å². The second kappa shape index (κ2) is 8.60. The molecule has 0 bridgehead atoms. The Balaban J connectivity index is 1.67. The lowest BCUT2D eigenvalue weighted by atomic mass is 10.1. The van der Waals surface area contributed by atoms with Crippen LogP contribution in [-0.4, -0.2) is 27.2 Å². The quantitative estimate of drug-likeness (QED) is 0.711. The lowest BCUT2D eigenvalue weighted by Crippen LogP contribution is -2.37. The van der Waals surface area contributed by atoms with Crippen molar-refractivity contribution in [2.75, 3.05) is 6.54 Å². The van der Waals surface area contributed by atoms with Crippen LogP contribution in [0.25, 0.3) is 11.3 Å². The number of carbonyl (C=O) groups is 1. The Morgan fingerprint density at radius 1 is 1.19 bits per heavy atom. The number of hydrogen-bond acceptors (Lipinski definition) is 4. The highest BCUT2D eigenvalue weighted by atomic mass is 35.5. The third-order valence-corrected chi connectivity index (χ3v) is 4.41. The van der Waals surface area contributed by atoms with Crippen molar-refractivity contribution in [1.82, 2.24) is 20.1 Å². The zero-order valence-corrected chi connectivity index (χ0v) is 15.6. The first-order valence-corrected chi connectivity index (χ1v) is 8.95. The molecule has 0 spiro atoms. The Morgan fingerprint density at radius 2 is 1.96 bits per heavy atom. The highest BCUT2D eigenvalue weighted by Crippen LogP contribution is 2.14. The van der Waals surface area contributed by atoms with Crippen molar-refractivity contribution in [1.29, 1.82) is 0 Å². The van der Waals surface area contributed by atoms with Crippen molar-refractivity contribution in [2.24, 2.45) is 0 Å². The largest absolute Gasteiger partial charge is 0.354 e. The summed E-state index contributed by atoms with van der Waals surface area (Å²) in [6.07, 6.45) is 4.00. The van der Waals surface area contributed by atoms with E-state index < -0.39 is 6.04 Å². The third kappa shape index (κ3) is 4.80. The number of hydrogen-bond donors (Lipinski definition) is 1. The van der Waals surface area contributed by atoms with Gasteiger partial charge < -0.3 is 5.32 Å². The molecular weight excluding hydrogens is 364 g/mol. The van der Waals surface area contributed by atoms with Crippen LogP contribution in [0.4, 0.5) is 0 Å². The first kappa shape index (κ1) is 18.8. The van der Waals surface area contributed by atoms with Gasteiger partial charge in [-0.1, -0.05) is 23.7 Å². The number of nitrogens with zero attached hydrogens (tertiary/aromatic N) is 3. The molecule has 3 aromatic rings. The molecule has 0 saturated heterocycles. The van der Waals surface area contributed by atoms with E-state index in [0.717, 1.165) is 11.1 Å². The highest BCUT2D eigenvalue weighted by molar-refractivity contribution is 6.30. The number of amides is 1. The van der Waals surface area contributed by atoms with Crippen molar-refractivity contribution in [3.05, 3.63) is 81.9 Å². The van der Waals surface area contributed by atoms with Crippen molar-refractivity contribution in [3.8, 4) is 11.3 Å². The molecule has 0 radical (unpaired) electrons. The summed E-state index contributed by atoms with van der Waals surface area (Å²) in [4.78, 5) is 28.7. The number of benzene rings is 1. The van der Waals surface area contributed by atoms with Crippen LogP contribution in [0, 0.1) is 0 Å². The summed E-state index contributed by atoms with van der Waals surface area (Å²) >= 11 is 5.86. The molecule has 1 atom stereocenters. The molecule has 1 N–H and O–H groups in total. The number of pyridine rings is 1. The van der Waals surface area contributed by atoms with Crippen molar-refractivity contribution in [3.63, 3.8) is 0 Å². The van der Waals surface area contributed by atoms with E-state index in [1.54, 1.807) is 31.5 Å². The normalized spacial score (nSPS) is 11.8. The lowest BCUT2D eigenvalue weighted by molar-refractivity contribution is -0.124. The molecule has 1 aromatic carbocycles. The molecule has 0 saturated carbocycles. The van der Waals surface area contributed by atoms with E-state index in [1.807, 2.05) is 30.3 Å². The molecule has 0 fully saturated rings. The van der Waals surface area contributed by atoms with Crippen molar-refractivity contribution >= 4 is 17.5 Å². The molecule has 1 amide bonds. The molecule has 6 nitrogen and oxygen atoms in total. The average molecular weight is 383 g/mol. The highest BCUT2D eigenvalue weighted by Gasteiger charge is 2.17. The molecular formula is C20H19ClN4O2. The fraction of sp³-hybridized carbons (Fsp3) is 0.200. The second-order valence-corrected chi connectivity index (χ2v) is 6.52. The zero-order valence-electron chi connectivity index (χ0n) is 14.8. The van der Waals surface area contributed by atoms with Gasteiger partial charge in [0.25, 0.3) is 5.56 Å². The molecule has 2 heterocycles. The predicted molar refractivity (Wildman–Crippen MR) is 105 cm³/mol. The monoisotopic (exact) mass is 382 g/mol. The van der Waals surface area contributed by atoms with Crippen LogP contribution in [0.5, 0.6) is 0 Å². The molecule has 27 heavy (non-hydrogen) atoms. The van der Waals surface area contributed by atoms with Gasteiger partial charge in [-0.25, -0.2) is 4.68 Å².